The lowest BCUT2D eigenvalue weighted by Gasteiger charge is -2.32. The van der Waals surface area contributed by atoms with E-state index in [1.54, 1.807) is 78.9 Å². The van der Waals surface area contributed by atoms with Gasteiger partial charge in [-0.15, -0.1) is 0 Å². The van der Waals surface area contributed by atoms with E-state index < -0.39 is 23.8 Å². The number of benzene rings is 3. The first kappa shape index (κ1) is 26.2. The maximum absolute atomic E-state index is 15.1. The second-order valence-corrected chi connectivity index (χ2v) is 9.59. The van der Waals surface area contributed by atoms with Crippen molar-refractivity contribution in [1.29, 1.82) is 0 Å². The third-order valence-electron chi connectivity index (χ3n) is 6.40. The van der Waals surface area contributed by atoms with E-state index in [0.717, 1.165) is 19.5 Å². The van der Waals surface area contributed by atoms with Crippen molar-refractivity contribution >= 4 is 40.6 Å². The van der Waals surface area contributed by atoms with Crippen molar-refractivity contribution in [1.82, 2.24) is 10.3 Å². The highest BCUT2D eigenvalue weighted by Gasteiger charge is 2.34. The summed E-state index contributed by atoms with van der Waals surface area (Å²) in [5, 5.41) is 12.4. The van der Waals surface area contributed by atoms with Crippen molar-refractivity contribution in [3.8, 4) is 0 Å². The Labute approximate surface area is 231 Å². The number of rotatable bonds is 7. The number of nitrogens with one attached hydrogen (secondary N) is 2. The first-order valence-electron chi connectivity index (χ1n) is 12.6. The van der Waals surface area contributed by atoms with Crippen LogP contribution in [0.25, 0.3) is 0 Å². The lowest BCUT2D eigenvalue weighted by Crippen LogP contribution is -2.45. The number of para-hydroxylation sites is 1. The number of carbonyl (C=O) groups excluding carboxylic acids is 2. The molecule has 1 heterocycles. The number of halogens is 2. The number of carbonyl (C=O) groups is 2. The van der Waals surface area contributed by atoms with Gasteiger partial charge in [-0.2, -0.15) is 5.10 Å². The minimum atomic E-state index is -1.11. The SMILES string of the molecule is O=C(NC1=CCC(=NN2CCC2)C=C1F)C(c1ccccc1)N(C(=O)Nc1ccc(Cl)cc1)c1ccccc1. The molecule has 1 fully saturated rings. The Bertz CT molecular complexity index is 1420. The molecule has 198 valence electrons. The molecule has 1 aliphatic heterocycles. The van der Waals surface area contributed by atoms with E-state index >= 15 is 4.39 Å². The number of hydrogen-bond donors (Lipinski definition) is 2. The topological polar surface area (TPSA) is 77.0 Å². The number of hydrogen-bond acceptors (Lipinski definition) is 4. The predicted octanol–water partition coefficient (Wildman–Crippen LogP) is 6.44. The molecule has 2 aliphatic rings. The molecule has 1 atom stereocenters. The highest BCUT2D eigenvalue weighted by molar-refractivity contribution is 6.30. The van der Waals surface area contributed by atoms with Crippen LogP contribution in [0.3, 0.4) is 0 Å². The molecular weight excluding hydrogens is 517 g/mol. The first-order chi connectivity index (χ1) is 19.0. The molecule has 3 amide bonds. The minimum absolute atomic E-state index is 0.0506. The lowest BCUT2D eigenvalue weighted by molar-refractivity contribution is -0.121. The molecule has 3 aromatic carbocycles. The molecule has 5 rings (SSSR count). The van der Waals surface area contributed by atoms with Gasteiger partial charge in [0.15, 0.2) is 0 Å². The molecule has 9 heteroatoms. The van der Waals surface area contributed by atoms with Crippen LogP contribution in [0.15, 0.2) is 114 Å². The van der Waals surface area contributed by atoms with Crippen molar-refractivity contribution in [2.75, 3.05) is 23.3 Å². The monoisotopic (exact) mass is 543 g/mol. The molecule has 1 saturated heterocycles. The fraction of sp³-hybridized carbons (Fsp3) is 0.167. The number of hydrazone groups is 1. The van der Waals surface area contributed by atoms with Crippen molar-refractivity contribution < 1.29 is 14.0 Å². The van der Waals surface area contributed by atoms with Gasteiger partial charge in [-0.05, 0) is 54.5 Å². The van der Waals surface area contributed by atoms with E-state index in [9.17, 15) is 9.59 Å². The maximum Gasteiger partial charge on any atom is 0.327 e. The Morgan fingerprint density at radius 2 is 1.59 bits per heavy atom. The van der Waals surface area contributed by atoms with Gasteiger partial charge >= 0.3 is 6.03 Å². The van der Waals surface area contributed by atoms with Gasteiger partial charge < -0.3 is 10.6 Å². The summed E-state index contributed by atoms with van der Waals surface area (Å²) in [7, 11) is 0. The quantitative estimate of drug-likeness (QED) is 0.360. The zero-order chi connectivity index (χ0) is 27.2. The Hall–Kier alpha value is -4.43. The zero-order valence-corrected chi connectivity index (χ0v) is 21.8. The third-order valence-corrected chi connectivity index (χ3v) is 6.65. The Balaban J connectivity index is 1.46. The van der Waals surface area contributed by atoms with Gasteiger partial charge in [0, 0.05) is 35.9 Å². The van der Waals surface area contributed by atoms with E-state index in [-0.39, 0.29) is 5.70 Å². The molecule has 39 heavy (non-hydrogen) atoms. The lowest BCUT2D eigenvalue weighted by atomic mass is 10.0. The second-order valence-electron chi connectivity index (χ2n) is 9.16. The smallest absolute Gasteiger partial charge is 0.322 e. The van der Waals surface area contributed by atoms with Gasteiger partial charge in [0.25, 0.3) is 5.91 Å². The van der Waals surface area contributed by atoms with Gasteiger partial charge in [0.05, 0.1) is 11.4 Å². The Morgan fingerprint density at radius 3 is 2.21 bits per heavy atom. The van der Waals surface area contributed by atoms with Crippen LogP contribution in [0, 0.1) is 0 Å². The van der Waals surface area contributed by atoms with Crippen LogP contribution in [-0.4, -0.2) is 35.7 Å². The fourth-order valence-corrected chi connectivity index (χ4v) is 4.42. The number of nitrogens with zero attached hydrogens (tertiary/aromatic N) is 3. The number of amides is 3. The van der Waals surface area contributed by atoms with E-state index in [0.29, 0.717) is 34.1 Å². The molecule has 1 aliphatic carbocycles. The van der Waals surface area contributed by atoms with Crippen LogP contribution < -0.4 is 15.5 Å². The minimum Gasteiger partial charge on any atom is -0.322 e. The molecule has 0 radical (unpaired) electrons. The zero-order valence-electron chi connectivity index (χ0n) is 21.1. The summed E-state index contributed by atoms with van der Waals surface area (Å²) in [5.41, 5.74) is 2.21. The van der Waals surface area contributed by atoms with E-state index in [1.807, 2.05) is 17.1 Å². The average Bonchev–Trinajstić information content (AvgIpc) is 2.93. The molecule has 0 aromatic heterocycles. The fourth-order valence-electron chi connectivity index (χ4n) is 4.29. The van der Waals surface area contributed by atoms with Gasteiger partial charge in [0.2, 0.25) is 0 Å². The molecule has 0 bridgehead atoms. The van der Waals surface area contributed by atoms with Gasteiger partial charge in [0.1, 0.15) is 11.9 Å². The number of allylic oxidation sites excluding steroid dienone is 3. The third kappa shape index (κ3) is 6.35. The van der Waals surface area contributed by atoms with Crippen molar-refractivity contribution in [3.05, 3.63) is 119 Å². The number of anilines is 2. The average molecular weight is 544 g/mol. The largest absolute Gasteiger partial charge is 0.327 e. The van der Waals surface area contributed by atoms with Crippen LogP contribution in [0.2, 0.25) is 5.02 Å². The van der Waals surface area contributed by atoms with E-state index in [4.69, 9.17) is 11.6 Å². The molecule has 0 saturated carbocycles. The standard InChI is InChI=1S/C30H27ClFN5O2/c31-22-12-14-23(15-13-22)33-30(39)37(25-10-5-2-6-11-25)28(21-8-3-1-4-9-21)29(38)34-27-17-16-24(20-26(27)32)35-36-18-7-19-36/h1-6,8-15,17,20,28H,7,16,18-19H2,(H,33,39)(H,34,38). The molecule has 3 aromatic rings. The molecule has 7 nitrogen and oxygen atoms in total. The van der Waals surface area contributed by atoms with Crippen LogP contribution >= 0.6 is 11.6 Å². The number of urea groups is 1. The van der Waals surface area contributed by atoms with Gasteiger partial charge in [-0.1, -0.05) is 66.2 Å². The second kappa shape index (κ2) is 12.0. The van der Waals surface area contributed by atoms with Crippen LogP contribution in [-0.2, 0) is 4.79 Å². The Morgan fingerprint density at radius 1 is 0.923 bits per heavy atom. The predicted molar refractivity (Wildman–Crippen MR) is 152 cm³/mol. The van der Waals surface area contributed by atoms with E-state index in [2.05, 4.69) is 15.7 Å². The van der Waals surface area contributed by atoms with Crippen molar-refractivity contribution in [2.24, 2.45) is 5.10 Å². The summed E-state index contributed by atoms with van der Waals surface area (Å²) < 4.78 is 15.1. The first-order valence-corrected chi connectivity index (χ1v) is 13.0. The van der Waals surface area contributed by atoms with Crippen LogP contribution in [0.1, 0.15) is 24.4 Å². The van der Waals surface area contributed by atoms with Gasteiger partial charge in [-0.3, -0.25) is 14.7 Å². The Kier molecular flexibility index (Phi) is 8.03. The molecular formula is C30H27ClFN5O2. The summed E-state index contributed by atoms with van der Waals surface area (Å²) in [5.74, 6) is -1.15. The highest BCUT2D eigenvalue weighted by Crippen LogP contribution is 2.30. The summed E-state index contributed by atoms with van der Waals surface area (Å²) in [6.45, 7) is 1.72. The van der Waals surface area contributed by atoms with Crippen LogP contribution in [0.5, 0.6) is 0 Å². The molecule has 2 N–H and O–H groups in total. The summed E-state index contributed by atoms with van der Waals surface area (Å²) in [4.78, 5) is 29.0. The summed E-state index contributed by atoms with van der Waals surface area (Å²) >= 11 is 6.00. The van der Waals surface area contributed by atoms with Crippen molar-refractivity contribution in [3.63, 3.8) is 0 Å². The van der Waals surface area contributed by atoms with Crippen molar-refractivity contribution in [2.45, 2.75) is 18.9 Å². The molecule has 0 spiro atoms. The summed E-state index contributed by atoms with van der Waals surface area (Å²) in [6, 6.07) is 22.8. The molecule has 1 unspecified atom stereocenters. The summed E-state index contributed by atoms with van der Waals surface area (Å²) in [6.07, 6.45) is 4.40. The maximum atomic E-state index is 15.1. The van der Waals surface area contributed by atoms with E-state index in [1.165, 1.54) is 11.0 Å². The van der Waals surface area contributed by atoms with Crippen LogP contribution in [0.4, 0.5) is 20.6 Å². The highest BCUT2D eigenvalue weighted by atomic mass is 35.5. The normalized spacial score (nSPS) is 16.5. The van der Waals surface area contributed by atoms with Gasteiger partial charge in [-0.25, -0.2) is 9.18 Å².